The zero-order valence-electron chi connectivity index (χ0n) is 7.79. The Hall–Kier alpha value is -0.650. The molecule has 0 saturated carbocycles. The molecule has 1 heterocycles. The number of nitrogens with zero attached hydrogens (tertiary/aromatic N) is 3. The normalized spacial score (nSPS) is 10.8. The minimum atomic E-state index is -0.632. The van der Waals surface area contributed by atoms with Crippen molar-refractivity contribution in [1.82, 2.24) is 15.0 Å². The van der Waals surface area contributed by atoms with Crippen LogP contribution >= 0.6 is 39.1 Å². The van der Waals surface area contributed by atoms with Crippen LogP contribution in [0.25, 0.3) is 5.69 Å². The van der Waals surface area contributed by atoms with Crippen LogP contribution in [0, 0.1) is 5.82 Å². The first-order chi connectivity index (χ1) is 7.61. The average molecular weight is 325 g/mol. The highest BCUT2D eigenvalue weighted by atomic mass is 79.9. The van der Waals surface area contributed by atoms with Gasteiger partial charge in [0.15, 0.2) is 5.82 Å². The van der Waals surface area contributed by atoms with Crippen molar-refractivity contribution in [3.8, 4) is 5.69 Å². The van der Waals surface area contributed by atoms with E-state index in [9.17, 15) is 4.39 Å². The molecule has 1 aromatic heterocycles. The highest BCUT2D eigenvalue weighted by Crippen LogP contribution is 2.26. The number of halogens is 4. The van der Waals surface area contributed by atoms with E-state index in [1.165, 1.54) is 16.8 Å². The third-order valence-electron chi connectivity index (χ3n) is 1.91. The van der Waals surface area contributed by atoms with E-state index in [0.29, 0.717) is 11.0 Å². The molecular weight excluding hydrogens is 320 g/mol. The molecule has 0 unspecified atom stereocenters. The Bertz CT molecular complexity index is 506. The molecule has 0 aliphatic heterocycles. The second kappa shape index (κ2) is 4.69. The van der Waals surface area contributed by atoms with E-state index >= 15 is 0 Å². The summed E-state index contributed by atoms with van der Waals surface area (Å²) in [5.41, 5.74) is 1.33. The molecular formula is C9H5BrCl2FN3. The first-order valence-electron chi connectivity index (χ1n) is 4.24. The Morgan fingerprint density at radius 1 is 1.31 bits per heavy atom. The van der Waals surface area contributed by atoms with Crippen LogP contribution in [0.5, 0.6) is 0 Å². The number of aromatic nitrogens is 3. The largest absolute Gasteiger partial charge is 0.220 e. The molecule has 0 amide bonds. The van der Waals surface area contributed by atoms with Crippen molar-refractivity contribution >= 4 is 39.1 Å². The predicted molar refractivity (Wildman–Crippen MR) is 64.0 cm³/mol. The van der Waals surface area contributed by atoms with Gasteiger partial charge in [-0.1, -0.05) is 44.3 Å². The molecule has 0 aliphatic carbocycles. The standard InChI is InChI=1S/C9H5BrCl2FN3/c10-3-5-4-16(15-14-5)6-1-7(11)9(13)8(12)2-6/h1-2,4H,3H2. The maximum absolute atomic E-state index is 13.2. The Balaban J connectivity index is 2.48. The molecule has 2 aromatic rings. The number of benzene rings is 1. The van der Waals surface area contributed by atoms with Gasteiger partial charge in [-0.2, -0.15) is 0 Å². The molecule has 2 rings (SSSR count). The molecule has 0 spiro atoms. The topological polar surface area (TPSA) is 30.7 Å². The van der Waals surface area contributed by atoms with Gasteiger partial charge in [-0.3, -0.25) is 0 Å². The van der Waals surface area contributed by atoms with Crippen LogP contribution in [-0.2, 0) is 5.33 Å². The molecule has 3 nitrogen and oxygen atoms in total. The van der Waals surface area contributed by atoms with E-state index in [4.69, 9.17) is 23.2 Å². The van der Waals surface area contributed by atoms with E-state index in [1.807, 2.05) is 0 Å². The lowest BCUT2D eigenvalue weighted by molar-refractivity contribution is 0.627. The molecule has 0 radical (unpaired) electrons. The lowest BCUT2D eigenvalue weighted by Gasteiger charge is -2.03. The molecule has 1 aromatic carbocycles. The summed E-state index contributed by atoms with van der Waals surface area (Å²) in [6.07, 6.45) is 1.70. The predicted octanol–water partition coefficient (Wildman–Crippen LogP) is 3.61. The molecule has 0 saturated heterocycles. The van der Waals surface area contributed by atoms with Crippen molar-refractivity contribution in [1.29, 1.82) is 0 Å². The van der Waals surface area contributed by atoms with Gasteiger partial charge in [-0.15, -0.1) is 5.10 Å². The van der Waals surface area contributed by atoms with Gasteiger partial charge in [-0.25, -0.2) is 9.07 Å². The smallest absolute Gasteiger partial charge is 0.160 e. The molecule has 84 valence electrons. The number of alkyl halides is 1. The van der Waals surface area contributed by atoms with Crippen molar-refractivity contribution in [3.05, 3.63) is 39.9 Å². The summed E-state index contributed by atoms with van der Waals surface area (Å²) in [6.45, 7) is 0. The number of hydrogen-bond donors (Lipinski definition) is 0. The molecule has 0 N–H and O–H groups in total. The van der Waals surface area contributed by atoms with E-state index in [1.54, 1.807) is 6.20 Å². The summed E-state index contributed by atoms with van der Waals surface area (Å²) in [4.78, 5) is 0. The molecule has 0 aliphatic rings. The fourth-order valence-electron chi connectivity index (χ4n) is 1.16. The van der Waals surface area contributed by atoms with Crippen LogP contribution in [0.2, 0.25) is 10.0 Å². The summed E-state index contributed by atoms with van der Waals surface area (Å²) < 4.78 is 14.7. The molecule has 16 heavy (non-hydrogen) atoms. The quantitative estimate of drug-likeness (QED) is 0.624. The van der Waals surface area contributed by atoms with Crippen LogP contribution in [0.15, 0.2) is 18.3 Å². The Labute approximate surface area is 109 Å². The van der Waals surface area contributed by atoms with Crippen molar-refractivity contribution in [2.45, 2.75) is 5.33 Å². The number of rotatable bonds is 2. The Kier molecular flexibility index (Phi) is 3.47. The van der Waals surface area contributed by atoms with Crippen LogP contribution in [-0.4, -0.2) is 15.0 Å². The van der Waals surface area contributed by atoms with Crippen molar-refractivity contribution in [3.63, 3.8) is 0 Å². The van der Waals surface area contributed by atoms with Crippen molar-refractivity contribution in [2.24, 2.45) is 0 Å². The minimum absolute atomic E-state index is 0.0432. The van der Waals surface area contributed by atoms with Crippen molar-refractivity contribution < 1.29 is 4.39 Å². The van der Waals surface area contributed by atoms with E-state index in [2.05, 4.69) is 26.2 Å². The number of hydrogen-bond acceptors (Lipinski definition) is 2. The van der Waals surface area contributed by atoms with Gasteiger partial charge in [0.25, 0.3) is 0 Å². The molecule has 0 atom stereocenters. The lowest BCUT2D eigenvalue weighted by Crippen LogP contribution is -1.96. The zero-order valence-corrected chi connectivity index (χ0v) is 10.9. The maximum Gasteiger partial charge on any atom is 0.160 e. The fraction of sp³-hybridized carbons (Fsp3) is 0.111. The molecule has 0 bridgehead atoms. The van der Waals surface area contributed by atoms with Gasteiger partial charge in [0, 0.05) is 5.33 Å². The minimum Gasteiger partial charge on any atom is -0.220 e. The summed E-state index contributed by atoms with van der Waals surface area (Å²) >= 11 is 14.6. The second-order valence-corrected chi connectivity index (χ2v) is 4.39. The van der Waals surface area contributed by atoms with Gasteiger partial charge in [0.05, 0.1) is 27.6 Å². The van der Waals surface area contributed by atoms with Gasteiger partial charge < -0.3 is 0 Å². The first-order valence-corrected chi connectivity index (χ1v) is 6.11. The monoisotopic (exact) mass is 323 g/mol. The van der Waals surface area contributed by atoms with Gasteiger partial charge >= 0.3 is 0 Å². The van der Waals surface area contributed by atoms with E-state index in [0.717, 1.165) is 5.69 Å². The third-order valence-corrected chi connectivity index (χ3v) is 3.04. The van der Waals surface area contributed by atoms with E-state index in [-0.39, 0.29) is 10.0 Å². The molecule has 7 heteroatoms. The Morgan fingerprint density at radius 2 is 1.94 bits per heavy atom. The van der Waals surface area contributed by atoms with Crippen LogP contribution in [0.3, 0.4) is 0 Å². The second-order valence-electron chi connectivity index (χ2n) is 3.01. The molecule has 0 fully saturated rings. The van der Waals surface area contributed by atoms with E-state index < -0.39 is 5.82 Å². The van der Waals surface area contributed by atoms with Gasteiger partial charge in [0.1, 0.15) is 0 Å². The lowest BCUT2D eigenvalue weighted by atomic mass is 10.3. The first kappa shape index (κ1) is 11.8. The Morgan fingerprint density at radius 3 is 2.44 bits per heavy atom. The summed E-state index contributed by atoms with van der Waals surface area (Å²) in [5.74, 6) is -0.632. The summed E-state index contributed by atoms with van der Waals surface area (Å²) in [5, 5.41) is 8.25. The summed E-state index contributed by atoms with van der Waals surface area (Å²) in [6, 6.07) is 2.88. The van der Waals surface area contributed by atoms with Crippen molar-refractivity contribution in [2.75, 3.05) is 0 Å². The van der Waals surface area contributed by atoms with Gasteiger partial charge in [0.2, 0.25) is 0 Å². The van der Waals surface area contributed by atoms with Crippen LogP contribution < -0.4 is 0 Å². The fourth-order valence-corrected chi connectivity index (χ4v) is 1.89. The highest BCUT2D eigenvalue weighted by Gasteiger charge is 2.10. The summed E-state index contributed by atoms with van der Waals surface area (Å²) in [7, 11) is 0. The van der Waals surface area contributed by atoms with Crippen LogP contribution in [0.1, 0.15) is 5.69 Å². The SMILES string of the molecule is Fc1c(Cl)cc(-n2cc(CBr)nn2)cc1Cl. The maximum atomic E-state index is 13.2. The highest BCUT2D eigenvalue weighted by molar-refractivity contribution is 9.08. The van der Waals surface area contributed by atoms with Gasteiger partial charge in [-0.05, 0) is 12.1 Å². The average Bonchev–Trinajstić information content (AvgIpc) is 2.73. The third kappa shape index (κ3) is 2.21. The zero-order chi connectivity index (χ0) is 11.7. The van der Waals surface area contributed by atoms with Crippen LogP contribution in [0.4, 0.5) is 4.39 Å².